The minimum atomic E-state index is -0.636. The highest BCUT2D eigenvalue weighted by atomic mass is 16.5. The van der Waals surface area contributed by atoms with Gasteiger partial charge in [0.1, 0.15) is 5.75 Å². The number of benzene rings is 2. The number of ether oxygens (including phenoxy) is 1. The van der Waals surface area contributed by atoms with E-state index in [2.05, 4.69) is 35.3 Å². The number of rotatable bonds is 5. The quantitative estimate of drug-likeness (QED) is 0.738. The van der Waals surface area contributed by atoms with E-state index < -0.39 is 5.60 Å². The SMILES string of the molecule is COc1ccc([C@@H]2[C@@H]3CCCC[C@]3(O)CCN2CC(=O)Nc2ccc(C)cc2C)cc1. The van der Waals surface area contributed by atoms with Crippen molar-refractivity contribution in [3.8, 4) is 5.75 Å². The fraction of sp³-hybridized carbons (Fsp3) is 0.500. The lowest BCUT2D eigenvalue weighted by Crippen LogP contribution is -2.56. The van der Waals surface area contributed by atoms with Crippen LogP contribution >= 0.6 is 0 Å². The van der Waals surface area contributed by atoms with Crippen LogP contribution in [-0.2, 0) is 4.79 Å². The summed E-state index contributed by atoms with van der Waals surface area (Å²) in [5.74, 6) is 0.946. The van der Waals surface area contributed by atoms with E-state index in [4.69, 9.17) is 4.74 Å². The molecule has 1 aliphatic carbocycles. The predicted octanol–water partition coefficient (Wildman–Crippen LogP) is 4.62. The van der Waals surface area contributed by atoms with Crippen molar-refractivity contribution in [3.63, 3.8) is 0 Å². The molecule has 0 aromatic heterocycles. The number of methoxy groups -OCH3 is 1. The molecule has 1 aliphatic heterocycles. The molecular weight excluding hydrogens is 388 g/mol. The highest BCUT2D eigenvalue weighted by molar-refractivity contribution is 5.93. The number of amides is 1. The third kappa shape index (κ3) is 4.63. The van der Waals surface area contributed by atoms with Crippen molar-refractivity contribution >= 4 is 11.6 Å². The van der Waals surface area contributed by atoms with E-state index in [0.29, 0.717) is 13.1 Å². The number of anilines is 1. The van der Waals surface area contributed by atoms with Crippen molar-refractivity contribution in [1.82, 2.24) is 4.90 Å². The number of likely N-dealkylation sites (tertiary alicyclic amines) is 1. The van der Waals surface area contributed by atoms with Crippen molar-refractivity contribution < 1.29 is 14.6 Å². The summed E-state index contributed by atoms with van der Waals surface area (Å²) in [6, 6.07) is 14.2. The monoisotopic (exact) mass is 422 g/mol. The number of nitrogens with one attached hydrogen (secondary N) is 1. The molecule has 0 spiro atoms. The summed E-state index contributed by atoms with van der Waals surface area (Å²) < 4.78 is 5.33. The summed E-state index contributed by atoms with van der Waals surface area (Å²) in [6.07, 6.45) is 4.77. The first-order chi connectivity index (χ1) is 14.9. The Balaban J connectivity index is 1.57. The summed E-state index contributed by atoms with van der Waals surface area (Å²) in [7, 11) is 1.67. The van der Waals surface area contributed by atoms with E-state index >= 15 is 0 Å². The molecule has 5 nitrogen and oxygen atoms in total. The number of aryl methyl sites for hydroxylation is 2. The Hall–Kier alpha value is -2.37. The first-order valence-corrected chi connectivity index (χ1v) is 11.4. The van der Waals surface area contributed by atoms with E-state index in [1.165, 1.54) is 5.56 Å². The minimum Gasteiger partial charge on any atom is -0.497 e. The molecule has 2 aliphatic rings. The zero-order valence-corrected chi connectivity index (χ0v) is 18.9. The van der Waals surface area contributed by atoms with Crippen LogP contribution in [0.15, 0.2) is 42.5 Å². The molecule has 1 heterocycles. The average Bonchev–Trinajstić information content (AvgIpc) is 2.76. The molecule has 2 N–H and O–H groups in total. The van der Waals surface area contributed by atoms with Gasteiger partial charge >= 0.3 is 0 Å². The molecule has 3 atom stereocenters. The van der Waals surface area contributed by atoms with Gasteiger partial charge in [-0.3, -0.25) is 9.69 Å². The zero-order valence-electron chi connectivity index (χ0n) is 18.9. The Morgan fingerprint density at radius 3 is 2.65 bits per heavy atom. The molecule has 0 unspecified atom stereocenters. The number of piperidine rings is 1. The molecule has 5 heteroatoms. The normalized spacial score (nSPS) is 26.2. The van der Waals surface area contributed by atoms with Crippen molar-refractivity contribution in [3.05, 3.63) is 59.2 Å². The van der Waals surface area contributed by atoms with Crippen molar-refractivity contribution in [2.75, 3.05) is 25.5 Å². The number of aliphatic hydroxyl groups is 1. The maximum Gasteiger partial charge on any atom is 0.238 e. The van der Waals surface area contributed by atoms with Crippen LogP contribution in [0.4, 0.5) is 5.69 Å². The topological polar surface area (TPSA) is 61.8 Å². The lowest BCUT2D eigenvalue weighted by atomic mass is 9.66. The zero-order chi connectivity index (χ0) is 22.0. The van der Waals surface area contributed by atoms with Gasteiger partial charge in [-0.2, -0.15) is 0 Å². The van der Waals surface area contributed by atoms with Gasteiger partial charge in [0.05, 0.1) is 19.3 Å². The number of carbonyl (C=O) groups excluding carboxylic acids is 1. The van der Waals surface area contributed by atoms with Crippen LogP contribution in [-0.4, -0.2) is 41.7 Å². The first-order valence-electron chi connectivity index (χ1n) is 11.4. The fourth-order valence-electron chi connectivity index (χ4n) is 5.49. The van der Waals surface area contributed by atoms with Gasteiger partial charge in [-0.25, -0.2) is 0 Å². The second kappa shape index (κ2) is 9.01. The van der Waals surface area contributed by atoms with E-state index in [-0.39, 0.29) is 17.9 Å². The smallest absolute Gasteiger partial charge is 0.238 e. The molecule has 1 amide bonds. The maximum absolute atomic E-state index is 13.0. The van der Waals surface area contributed by atoms with Crippen LogP contribution in [0.25, 0.3) is 0 Å². The van der Waals surface area contributed by atoms with Crippen LogP contribution in [0, 0.1) is 19.8 Å². The Bertz CT molecular complexity index is 927. The Labute approximate surface area is 185 Å². The molecule has 31 heavy (non-hydrogen) atoms. The largest absolute Gasteiger partial charge is 0.497 e. The maximum atomic E-state index is 13.0. The highest BCUT2D eigenvalue weighted by Crippen LogP contribution is 2.49. The van der Waals surface area contributed by atoms with Crippen LogP contribution < -0.4 is 10.1 Å². The van der Waals surface area contributed by atoms with Crippen molar-refractivity contribution in [1.29, 1.82) is 0 Å². The Morgan fingerprint density at radius 2 is 1.94 bits per heavy atom. The van der Waals surface area contributed by atoms with Gasteiger partial charge in [0.15, 0.2) is 0 Å². The molecule has 0 radical (unpaired) electrons. The average molecular weight is 423 g/mol. The van der Waals surface area contributed by atoms with E-state index in [9.17, 15) is 9.90 Å². The summed E-state index contributed by atoms with van der Waals surface area (Å²) in [5.41, 5.74) is 3.62. The van der Waals surface area contributed by atoms with Gasteiger partial charge in [0.2, 0.25) is 5.91 Å². The Kier molecular flexibility index (Phi) is 6.35. The number of hydrogen-bond donors (Lipinski definition) is 2. The minimum absolute atomic E-state index is 0.00767. The molecule has 1 saturated carbocycles. The van der Waals surface area contributed by atoms with Crippen LogP contribution in [0.3, 0.4) is 0 Å². The van der Waals surface area contributed by atoms with Gasteiger partial charge < -0.3 is 15.2 Å². The number of nitrogens with zero attached hydrogens (tertiary/aromatic N) is 1. The summed E-state index contributed by atoms with van der Waals surface area (Å²) >= 11 is 0. The third-order valence-corrected chi connectivity index (χ3v) is 7.13. The predicted molar refractivity (Wildman–Crippen MR) is 123 cm³/mol. The molecular formula is C26H34N2O3. The fourth-order valence-corrected chi connectivity index (χ4v) is 5.49. The molecule has 166 valence electrons. The lowest BCUT2D eigenvalue weighted by molar-refractivity contribution is -0.135. The second-order valence-corrected chi connectivity index (χ2v) is 9.26. The second-order valence-electron chi connectivity index (χ2n) is 9.26. The Morgan fingerprint density at radius 1 is 1.16 bits per heavy atom. The van der Waals surface area contributed by atoms with Crippen LogP contribution in [0.1, 0.15) is 54.8 Å². The van der Waals surface area contributed by atoms with Gasteiger partial charge in [-0.1, -0.05) is 42.7 Å². The van der Waals surface area contributed by atoms with Gasteiger partial charge in [0.25, 0.3) is 0 Å². The molecule has 4 rings (SSSR count). The lowest BCUT2D eigenvalue weighted by Gasteiger charge is -2.52. The van der Waals surface area contributed by atoms with E-state index in [1.807, 2.05) is 31.2 Å². The van der Waals surface area contributed by atoms with Gasteiger partial charge in [0, 0.05) is 24.2 Å². The summed E-state index contributed by atoms with van der Waals surface area (Å²) in [6.45, 7) is 5.10. The van der Waals surface area contributed by atoms with E-state index in [0.717, 1.165) is 54.7 Å². The standard InChI is InChI=1S/C26H34N2O3/c1-18-7-12-23(19(2)16-18)27-24(29)17-28-15-14-26(30)13-5-4-6-22(26)25(28)20-8-10-21(31-3)11-9-20/h7-12,16,22,25,30H,4-6,13-15,17H2,1-3H3,(H,27,29)/t22-,25+,26-/m0/s1. The van der Waals surface area contributed by atoms with Crippen LogP contribution in [0.5, 0.6) is 5.75 Å². The molecule has 2 aromatic rings. The van der Waals surface area contributed by atoms with Gasteiger partial charge in [-0.15, -0.1) is 0 Å². The molecule has 2 aromatic carbocycles. The molecule has 1 saturated heterocycles. The summed E-state index contributed by atoms with van der Waals surface area (Å²) in [4.78, 5) is 15.3. The highest BCUT2D eigenvalue weighted by Gasteiger charge is 2.49. The number of fused-ring (bicyclic) bond motifs is 1. The van der Waals surface area contributed by atoms with Gasteiger partial charge in [-0.05, 0) is 62.4 Å². The van der Waals surface area contributed by atoms with Crippen LogP contribution in [0.2, 0.25) is 0 Å². The van der Waals surface area contributed by atoms with Crippen molar-refractivity contribution in [2.45, 2.75) is 57.6 Å². The number of carbonyl (C=O) groups is 1. The third-order valence-electron chi connectivity index (χ3n) is 7.13. The first kappa shape index (κ1) is 21.8. The van der Waals surface area contributed by atoms with E-state index in [1.54, 1.807) is 7.11 Å². The number of hydrogen-bond acceptors (Lipinski definition) is 4. The molecule has 2 fully saturated rings. The molecule has 0 bridgehead atoms. The van der Waals surface area contributed by atoms with Crippen molar-refractivity contribution in [2.24, 2.45) is 5.92 Å². The summed E-state index contributed by atoms with van der Waals surface area (Å²) in [5, 5.41) is 14.5.